The van der Waals surface area contributed by atoms with Crippen LogP contribution in [0.2, 0.25) is 5.02 Å². The summed E-state index contributed by atoms with van der Waals surface area (Å²) < 4.78 is 0.857. The Morgan fingerprint density at radius 1 is 1.19 bits per heavy atom. The summed E-state index contributed by atoms with van der Waals surface area (Å²) >= 11 is 9.41. The van der Waals surface area contributed by atoms with Crippen LogP contribution in [0.25, 0.3) is 0 Å². The van der Waals surface area contributed by atoms with Crippen LogP contribution in [-0.4, -0.2) is 5.91 Å². The summed E-state index contributed by atoms with van der Waals surface area (Å²) in [6, 6.07) is 11.5. The highest BCUT2D eigenvalue weighted by Crippen LogP contribution is 2.21. The Bertz CT molecular complexity index is 703. The number of carbonyl (C=O) groups is 1. The van der Waals surface area contributed by atoms with Crippen LogP contribution in [0.3, 0.4) is 0 Å². The van der Waals surface area contributed by atoms with Gasteiger partial charge in [0.1, 0.15) is 0 Å². The Balaban J connectivity index is 1.68. The summed E-state index contributed by atoms with van der Waals surface area (Å²) in [4.78, 5) is 12.2. The summed E-state index contributed by atoms with van der Waals surface area (Å²) in [5.41, 5.74) is 4.23. The van der Waals surface area contributed by atoms with Gasteiger partial charge in [-0.25, -0.2) is 0 Å². The van der Waals surface area contributed by atoms with E-state index in [-0.39, 0.29) is 5.91 Å². The maximum atomic E-state index is 12.2. The van der Waals surface area contributed by atoms with E-state index in [1.807, 2.05) is 6.07 Å². The molecule has 0 spiro atoms. The number of rotatable bonds is 3. The van der Waals surface area contributed by atoms with Crippen molar-refractivity contribution in [2.45, 2.75) is 19.6 Å². The zero-order valence-corrected chi connectivity index (χ0v) is 13.6. The van der Waals surface area contributed by atoms with Crippen molar-refractivity contribution in [2.24, 2.45) is 0 Å². The third kappa shape index (κ3) is 3.28. The van der Waals surface area contributed by atoms with Gasteiger partial charge in [-0.05, 0) is 34.9 Å². The highest BCUT2D eigenvalue weighted by Gasteiger charge is 2.12. The lowest BCUT2D eigenvalue weighted by Crippen LogP contribution is -2.23. The van der Waals surface area contributed by atoms with E-state index in [4.69, 9.17) is 11.6 Å². The molecule has 0 bridgehead atoms. The van der Waals surface area contributed by atoms with Gasteiger partial charge in [-0.2, -0.15) is 0 Å². The second-order valence-corrected chi connectivity index (χ2v) is 6.34. The van der Waals surface area contributed by atoms with E-state index in [0.29, 0.717) is 17.1 Å². The summed E-state index contributed by atoms with van der Waals surface area (Å²) in [5, 5.41) is 6.66. The Hall–Kier alpha value is -1.36. The quantitative estimate of drug-likeness (QED) is 0.872. The second-order valence-electron chi connectivity index (χ2n) is 5.01. The lowest BCUT2D eigenvalue weighted by molar-refractivity contribution is 0.0951. The van der Waals surface area contributed by atoms with Crippen LogP contribution in [0.15, 0.2) is 40.9 Å². The molecule has 0 radical (unpaired) electrons. The molecule has 2 aromatic carbocycles. The zero-order valence-electron chi connectivity index (χ0n) is 11.2. The Labute approximate surface area is 136 Å². The van der Waals surface area contributed by atoms with E-state index in [1.165, 1.54) is 11.1 Å². The van der Waals surface area contributed by atoms with Crippen molar-refractivity contribution in [3.8, 4) is 0 Å². The van der Waals surface area contributed by atoms with E-state index < -0.39 is 0 Å². The number of hydrogen-bond acceptors (Lipinski definition) is 2. The Morgan fingerprint density at radius 3 is 2.81 bits per heavy atom. The van der Waals surface area contributed by atoms with E-state index in [9.17, 15) is 4.79 Å². The minimum absolute atomic E-state index is 0.161. The largest absolute Gasteiger partial charge is 0.348 e. The lowest BCUT2D eigenvalue weighted by atomic mass is 10.1. The van der Waals surface area contributed by atoms with Gasteiger partial charge >= 0.3 is 0 Å². The average Bonchev–Trinajstić information content (AvgIpc) is 2.92. The Morgan fingerprint density at radius 2 is 2.00 bits per heavy atom. The van der Waals surface area contributed by atoms with Crippen LogP contribution in [-0.2, 0) is 19.6 Å². The highest BCUT2D eigenvalue weighted by molar-refractivity contribution is 9.10. The maximum absolute atomic E-state index is 12.2. The number of hydrogen-bond donors (Lipinski definition) is 2. The molecule has 1 aliphatic rings. The highest BCUT2D eigenvalue weighted by atomic mass is 79.9. The predicted octanol–water partition coefficient (Wildman–Crippen LogP) is 3.64. The fourth-order valence-corrected chi connectivity index (χ4v) is 3.17. The summed E-state index contributed by atoms with van der Waals surface area (Å²) in [7, 11) is 0. The summed E-state index contributed by atoms with van der Waals surface area (Å²) in [5.74, 6) is -0.161. The van der Waals surface area contributed by atoms with E-state index in [1.54, 1.807) is 12.1 Å². The molecule has 0 saturated carbocycles. The van der Waals surface area contributed by atoms with Gasteiger partial charge in [-0.1, -0.05) is 45.7 Å². The third-order valence-corrected chi connectivity index (χ3v) is 4.34. The molecule has 1 heterocycles. The lowest BCUT2D eigenvalue weighted by Gasteiger charge is -2.08. The van der Waals surface area contributed by atoms with Gasteiger partial charge in [0.2, 0.25) is 0 Å². The number of halogens is 2. The standard InChI is InChI=1S/C16H14BrClN2O/c17-13-3-4-14(15(18)6-13)16(21)20-7-10-1-2-11-8-19-9-12(11)5-10/h1-6,19H,7-9H2,(H,20,21). The first-order valence-electron chi connectivity index (χ1n) is 6.68. The van der Waals surface area contributed by atoms with Crippen molar-refractivity contribution in [1.82, 2.24) is 10.6 Å². The van der Waals surface area contributed by atoms with E-state index >= 15 is 0 Å². The van der Waals surface area contributed by atoms with Crippen molar-refractivity contribution < 1.29 is 4.79 Å². The van der Waals surface area contributed by atoms with Crippen LogP contribution < -0.4 is 10.6 Å². The normalized spacial score (nSPS) is 13.0. The molecule has 2 aromatic rings. The molecule has 0 unspecified atom stereocenters. The van der Waals surface area contributed by atoms with Gasteiger partial charge in [0.05, 0.1) is 10.6 Å². The van der Waals surface area contributed by atoms with Gasteiger partial charge in [-0.15, -0.1) is 0 Å². The number of nitrogens with one attached hydrogen (secondary N) is 2. The molecular weight excluding hydrogens is 352 g/mol. The molecular formula is C16H14BrClN2O. The van der Waals surface area contributed by atoms with Crippen molar-refractivity contribution >= 4 is 33.4 Å². The first-order valence-corrected chi connectivity index (χ1v) is 7.85. The number of amides is 1. The first kappa shape index (κ1) is 14.6. The molecule has 0 atom stereocenters. The summed E-state index contributed by atoms with van der Waals surface area (Å²) in [6.45, 7) is 2.32. The smallest absolute Gasteiger partial charge is 0.253 e. The summed E-state index contributed by atoms with van der Waals surface area (Å²) in [6.07, 6.45) is 0. The predicted molar refractivity (Wildman–Crippen MR) is 87.3 cm³/mol. The molecule has 2 N–H and O–H groups in total. The molecule has 108 valence electrons. The van der Waals surface area contributed by atoms with Crippen molar-refractivity contribution in [3.63, 3.8) is 0 Å². The van der Waals surface area contributed by atoms with Gasteiger partial charge < -0.3 is 10.6 Å². The van der Waals surface area contributed by atoms with Gasteiger partial charge in [0, 0.05) is 24.1 Å². The molecule has 0 saturated heterocycles. The van der Waals surface area contributed by atoms with Gasteiger partial charge in [0.15, 0.2) is 0 Å². The van der Waals surface area contributed by atoms with Crippen LogP contribution in [0.1, 0.15) is 27.0 Å². The molecule has 1 amide bonds. The zero-order chi connectivity index (χ0) is 14.8. The minimum atomic E-state index is -0.161. The number of benzene rings is 2. The maximum Gasteiger partial charge on any atom is 0.253 e. The van der Waals surface area contributed by atoms with Crippen LogP contribution in [0, 0.1) is 0 Å². The average molecular weight is 366 g/mol. The number of carbonyl (C=O) groups excluding carboxylic acids is 1. The molecule has 5 heteroatoms. The van der Waals surface area contributed by atoms with Crippen molar-refractivity contribution in [1.29, 1.82) is 0 Å². The molecule has 0 aliphatic carbocycles. The van der Waals surface area contributed by atoms with Gasteiger partial charge in [0.25, 0.3) is 5.91 Å². The number of fused-ring (bicyclic) bond motifs is 1. The fourth-order valence-electron chi connectivity index (χ4n) is 2.41. The first-order chi connectivity index (χ1) is 10.1. The molecule has 0 fully saturated rings. The Kier molecular flexibility index (Phi) is 4.29. The van der Waals surface area contributed by atoms with Crippen LogP contribution >= 0.6 is 27.5 Å². The fraction of sp³-hybridized carbons (Fsp3) is 0.188. The van der Waals surface area contributed by atoms with E-state index in [2.05, 4.69) is 44.8 Å². The SMILES string of the molecule is O=C(NCc1ccc2c(c1)CNC2)c1ccc(Br)cc1Cl. The van der Waals surface area contributed by atoms with Gasteiger partial charge in [-0.3, -0.25) is 4.79 Å². The molecule has 0 aromatic heterocycles. The second kappa shape index (κ2) is 6.18. The van der Waals surface area contributed by atoms with Crippen molar-refractivity contribution in [2.75, 3.05) is 0 Å². The minimum Gasteiger partial charge on any atom is -0.348 e. The van der Waals surface area contributed by atoms with Crippen LogP contribution in [0.4, 0.5) is 0 Å². The van der Waals surface area contributed by atoms with Crippen LogP contribution in [0.5, 0.6) is 0 Å². The molecule has 1 aliphatic heterocycles. The topological polar surface area (TPSA) is 41.1 Å². The van der Waals surface area contributed by atoms with Crippen molar-refractivity contribution in [3.05, 3.63) is 68.1 Å². The molecule has 3 rings (SSSR count). The monoisotopic (exact) mass is 364 g/mol. The third-order valence-electron chi connectivity index (χ3n) is 3.53. The molecule has 3 nitrogen and oxygen atoms in total. The van der Waals surface area contributed by atoms with E-state index in [0.717, 1.165) is 23.1 Å². The molecule has 21 heavy (non-hydrogen) atoms.